The number of ether oxygens (including phenoxy) is 1. The Hall–Kier alpha value is -1.14. The zero-order valence-electron chi connectivity index (χ0n) is 11.7. The van der Waals surface area contributed by atoms with E-state index in [4.69, 9.17) is 10.5 Å². The molecule has 0 spiro atoms. The molecular weight excluding hydrogens is 248 g/mol. The molecule has 0 aromatic heterocycles. The van der Waals surface area contributed by atoms with Crippen LogP contribution in [0.25, 0.3) is 0 Å². The second kappa shape index (κ2) is 7.45. The topological polar surface area (TPSA) is 92.9 Å². The number of aliphatic carboxylic acids is 1. The van der Waals surface area contributed by atoms with Crippen LogP contribution < -0.4 is 5.73 Å². The molecule has 3 unspecified atom stereocenters. The Morgan fingerprint density at radius 2 is 2.21 bits per heavy atom. The molecule has 6 heteroatoms. The maximum atomic E-state index is 12.2. The number of rotatable bonds is 6. The first-order chi connectivity index (χ1) is 9.01. The Morgan fingerprint density at radius 1 is 1.53 bits per heavy atom. The highest BCUT2D eigenvalue weighted by Crippen LogP contribution is 2.26. The second-order valence-corrected chi connectivity index (χ2v) is 5.07. The highest BCUT2D eigenvalue weighted by Gasteiger charge is 2.37. The lowest BCUT2D eigenvalue weighted by Crippen LogP contribution is -2.55. The fourth-order valence-corrected chi connectivity index (χ4v) is 2.49. The van der Waals surface area contributed by atoms with Crippen LogP contribution in [0.2, 0.25) is 0 Å². The van der Waals surface area contributed by atoms with Gasteiger partial charge in [0.25, 0.3) is 0 Å². The number of methoxy groups -OCH3 is 1. The van der Waals surface area contributed by atoms with E-state index in [1.807, 2.05) is 6.92 Å². The van der Waals surface area contributed by atoms with Gasteiger partial charge in [0.1, 0.15) is 6.04 Å². The van der Waals surface area contributed by atoms with Crippen molar-refractivity contribution in [2.75, 3.05) is 20.3 Å². The van der Waals surface area contributed by atoms with Crippen LogP contribution in [-0.4, -0.2) is 54.2 Å². The molecule has 110 valence electrons. The van der Waals surface area contributed by atoms with Gasteiger partial charge in [-0.1, -0.05) is 13.3 Å². The Labute approximate surface area is 113 Å². The van der Waals surface area contributed by atoms with Gasteiger partial charge in [0.05, 0.1) is 6.04 Å². The van der Waals surface area contributed by atoms with Gasteiger partial charge in [-0.2, -0.15) is 0 Å². The lowest BCUT2D eigenvalue weighted by Gasteiger charge is -2.38. The average molecular weight is 272 g/mol. The minimum Gasteiger partial charge on any atom is -0.480 e. The highest BCUT2D eigenvalue weighted by molar-refractivity contribution is 5.87. The fourth-order valence-electron chi connectivity index (χ4n) is 2.49. The van der Waals surface area contributed by atoms with Crippen LogP contribution in [0.4, 0.5) is 0 Å². The molecule has 19 heavy (non-hydrogen) atoms. The Kier molecular flexibility index (Phi) is 6.24. The minimum absolute atomic E-state index is 0.279. The molecule has 3 atom stereocenters. The van der Waals surface area contributed by atoms with Gasteiger partial charge in [0.2, 0.25) is 5.91 Å². The molecule has 3 N–H and O–H groups in total. The van der Waals surface area contributed by atoms with Crippen LogP contribution in [-0.2, 0) is 14.3 Å². The largest absolute Gasteiger partial charge is 0.480 e. The summed E-state index contributed by atoms with van der Waals surface area (Å²) in [6.07, 6.45) is 2.73. The molecule has 0 radical (unpaired) electrons. The van der Waals surface area contributed by atoms with Crippen molar-refractivity contribution in [2.24, 2.45) is 11.7 Å². The number of piperidine rings is 1. The summed E-state index contributed by atoms with van der Waals surface area (Å²) >= 11 is 0. The predicted molar refractivity (Wildman–Crippen MR) is 70.6 cm³/mol. The van der Waals surface area contributed by atoms with E-state index in [0.717, 1.165) is 12.8 Å². The third kappa shape index (κ3) is 4.18. The summed E-state index contributed by atoms with van der Waals surface area (Å²) in [6, 6.07) is -1.42. The number of likely N-dealkylation sites (tertiary alicyclic amines) is 1. The number of hydrogen-bond acceptors (Lipinski definition) is 4. The number of amides is 1. The molecule has 1 fully saturated rings. The van der Waals surface area contributed by atoms with Crippen LogP contribution in [0.1, 0.15) is 32.6 Å². The van der Waals surface area contributed by atoms with E-state index in [0.29, 0.717) is 31.9 Å². The van der Waals surface area contributed by atoms with Gasteiger partial charge < -0.3 is 20.5 Å². The van der Waals surface area contributed by atoms with Crippen molar-refractivity contribution in [1.29, 1.82) is 0 Å². The van der Waals surface area contributed by atoms with E-state index in [1.165, 1.54) is 4.90 Å². The molecule has 6 nitrogen and oxygen atoms in total. The molecular formula is C13H24N2O4. The summed E-state index contributed by atoms with van der Waals surface area (Å²) in [5.74, 6) is -0.843. The average Bonchev–Trinajstić information content (AvgIpc) is 2.43. The first-order valence-electron chi connectivity index (χ1n) is 6.79. The van der Waals surface area contributed by atoms with Crippen molar-refractivity contribution in [1.82, 2.24) is 4.90 Å². The van der Waals surface area contributed by atoms with Gasteiger partial charge in [0.15, 0.2) is 0 Å². The van der Waals surface area contributed by atoms with Crippen molar-refractivity contribution in [3.63, 3.8) is 0 Å². The van der Waals surface area contributed by atoms with Crippen molar-refractivity contribution >= 4 is 11.9 Å². The fraction of sp³-hybridized carbons (Fsp3) is 0.846. The zero-order valence-corrected chi connectivity index (χ0v) is 11.7. The molecule has 0 saturated carbocycles. The van der Waals surface area contributed by atoms with Gasteiger partial charge in [-0.3, -0.25) is 4.79 Å². The Balaban J connectivity index is 2.68. The number of carbonyl (C=O) groups excluding carboxylic acids is 1. The summed E-state index contributed by atoms with van der Waals surface area (Å²) in [7, 11) is 1.55. The van der Waals surface area contributed by atoms with E-state index in [9.17, 15) is 14.7 Å². The van der Waals surface area contributed by atoms with Crippen LogP contribution in [0.5, 0.6) is 0 Å². The zero-order chi connectivity index (χ0) is 14.4. The van der Waals surface area contributed by atoms with Crippen LogP contribution in [0.3, 0.4) is 0 Å². The highest BCUT2D eigenvalue weighted by atomic mass is 16.5. The maximum absolute atomic E-state index is 12.2. The molecule has 1 aliphatic heterocycles. The maximum Gasteiger partial charge on any atom is 0.326 e. The summed E-state index contributed by atoms with van der Waals surface area (Å²) in [5.41, 5.74) is 5.80. The van der Waals surface area contributed by atoms with E-state index in [-0.39, 0.29) is 5.91 Å². The normalized spacial score (nSPS) is 25.1. The van der Waals surface area contributed by atoms with E-state index >= 15 is 0 Å². The van der Waals surface area contributed by atoms with Crippen molar-refractivity contribution < 1.29 is 19.4 Å². The molecule has 0 bridgehead atoms. The van der Waals surface area contributed by atoms with Gasteiger partial charge in [-0.25, -0.2) is 4.79 Å². The van der Waals surface area contributed by atoms with Crippen molar-refractivity contribution in [2.45, 2.75) is 44.7 Å². The Bertz CT molecular complexity index is 322. The SMILES string of the molecule is CCC1CCN(C(=O)C(N)CCOC)C(C(=O)O)C1. The molecule has 1 heterocycles. The Morgan fingerprint density at radius 3 is 2.74 bits per heavy atom. The summed E-state index contributed by atoms with van der Waals surface area (Å²) < 4.78 is 4.89. The number of nitrogens with zero attached hydrogens (tertiary/aromatic N) is 1. The monoisotopic (exact) mass is 272 g/mol. The summed E-state index contributed by atoms with van der Waals surface area (Å²) in [4.78, 5) is 24.9. The lowest BCUT2D eigenvalue weighted by molar-refractivity contribution is -0.154. The molecule has 1 aliphatic rings. The van der Waals surface area contributed by atoms with E-state index < -0.39 is 18.1 Å². The molecule has 1 amide bonds. The lowest BCUT2D eigenvalue weighted by atomic mass is 9.88. The van der Waals surface area contributed by atoms with Crippen LogP contribution in [0, 0.1) is 5.92 Å². The first-order valence-corrected chi connectivity index (χ1v) is 6.79. The number of hydrogen-bond donors (Lipinski definition) is 2. The van der Waals surface area contributed by atoms with Crippen LogP contribution in [0.15, 0.2) is 0 Å². The standard InChI is InChI=1S/C13H24N2O4/c1-3-9-4-6-15(11(8-9)13(17)18)12(16)10(14)5-7-19-2/h9-11H,3-8,14H2,1-2H3,(H,17,18). The van der Waals surface area contributed by atoms with E-state index in [2.05, 4.69) is 0 Å². The van der Waals surface area contributed by atoms with Gasteiger partial charge >= 0.3 is 5.97 Å². The molecule has 0 aromatic carbocycles. The third-order valence-corrected chi connectivity index (χ3v) is 3.81. The molecule has 0 aromatic rings. The van der Waals surface area contributed by atoms with Crippen LogP contribution >= 0.6 is 0 Å². The molecule has 1 saturated heterocycles. The quantitative estimate of drug-likeness (QED) is 0.732. The van der Waals surface area contributed by atoms with Gasteiger partial charge in [-0.15, -0.1) is 0 Å². The second-order valence-electron chi connectivity index (χ2n) is 5.07. The third-order valence-electron chi connectivity index (χ3n) is 3.81. The predicted octanol–water partition coefficient (Wildman–Crippen LogP) is 0.452. The van der Waals surface area contributed by atoms with Gasteiger partial charge in [-0.05, 0) is 25.2 Å². The van der Waals surface area contributed by atoms with Crippen molar-refractivity contribution in [3.8, 4) is 0 Å². The molecule has 0 aliphatic carbocycles. The summed E-state index contributed by atoms with van der Waals surface area (Å²) in [5, 5.41) is 9.27. The van der Waals surface area contributed by atoms with Gasteiger partial charge in [0, 0.05) is 20.3 Å². The smallest absolute Gasteiger partial charge is 0.326 e. The number of carboxylic acid groups (broad SMARTS) is 1. The first kappa shape index (κ1) is 15.9. The summed E-state index contributed by atoms with van der Waals surface area (Å²) in [6.45, 7) is 2.93. The number of nitrogens with two attached hydrogens (primary N) is 1. The number of carbonyl (C=O) groups is 2. The van der Waals surface area contributed by atoms with E-state index in [1.54, 1.807) is 7.11 Å². The minimum atomic E-state index is -0.939. The van der Waals surface area contributed by atoms with Crippen molar-refractivity contribution in [3.05, 3.63) is 0 Å². The number of carboxylic acids is 1. The molecule has 1 rings (SSSR count).